The van der Waals surface area contributed by atoms with Gasteiger partial charge in [0.15, 0.2) is 5.78 Å². The molecule has 0 saturated carbocycles. The summed E-state index contributed by atoms with van der Waals surface area (Å²) in [5, 5.41) is 0.536. The number of halogens is 1. The topological polar surface area (TPSA) is 30.0 Å². The highest BCUT2D eigenvalue weighted by molar-refractivity contribution is 6.31. The molecule has 3 heteroatoms. The Morgan fingerprint density at radius 2 is 1.67 bits per heavy atom. The molecule has 0 amide bonds. The zero-order valence-corrected chi connectivity index (χ0v) is 11.9. The van der Waals surface area contributed by atoms with E-state index in [0.29, 0.717) is 16.1 Å². The molecule has 0 unspecified atom stereocenters. The van der Waals surface area contributed by atoms with Gasteiger partial charge in [0.25, 0.3) is 0 Å². The van der Waals surface area contributed by atoms with E-state index < -0.39 is 0 Å². The van der Waals surface area contributed by atoms with Crippen LogP contribution in [0.1, 0.15) is 15.9 Å². The van der Waals surface area contributed by atoms with E-state index in [2.05, 4.69) is 4.98 Å². The molecule has 1 heterocycles. The highest BCUT2D eigenvalue weighted by atomic mass is 35.5. The lowest BCUT2D eigenvalue weighted by atomic mass is 9.96. The Labute approximate surface area is 128 Å². The lowest BCUT2D eigenvalue weighted by molar-refractivity contribution is 0.103. The number of rotatable bonds is 3. The third-order valence-electron chi connectivity index (χ3n) is 3.20. The summed E-state index contributed by atoms with van der Waals surface area (Å²) in [4.78, 5) is 17.0. The van der Waals surface area contributed by atoms with Gasteiger partial charge in [-0.05, 0) is 24.3 Å². The fraction of sp³-hybridized carbons (Fsp3) is 0. The van der Waals surface area contributed by atoms with Gasteiger partial charge in [0.2, 0.25) is 0 Å². The number of carbonyl (C=O) groups excluding carboxylic acids is 1. The summed E-state index contributed by atoms with van der Waals surface area (Å²) >= 11 is 6.06. The molecular formula is C18H12ClNO. The van der Waals surface area contributed by atoms with Gasteiger partial charge in [-0.2, -0.15) is 0 Å². The van der Waals surface area contributed by atoms with Crippen molar-refractivity contribution in [2.45, 2.75) is 0 Å². The van der Waals surface area contributed by atoms with Crippen molar-refractivity contribution in [2.24, 2.45) is 0 Å². The van der Waals surface area contributed by atoms with Crippen LogP contribution in [0.5, 0.6) is 0 Å². The fourth-order valence-corrected chi connectivity index (χ4v) is 2.37. The molecule has 0 atom stereocenters. The Morgan fingerprint density at radius 3 is 2.38 bits per heavy atom. The molecule has 2 aromatic carbocycles. The van der Waals surface area contributed by atoms with Gasteiger partial charge in [-0.15, -0.1) is 0 Å². The van der Waals surface area contributed by atoms with E-state index in [9.17, 15) is 4.79 Å². The zero-order chi connectivity index (χ0) is 14.7. The standard InChI is InChI=1S/C18H12ClNO/c19-14-9-10-15(17-8-4-5-11-20-17)16(12-14)18(21)13-6-2-1-3-7-13/h1-12H. The number of ketones is 1. The molecule has 3 rings (SSSR count). The summed E-state index contributed by atoms with van der Waals surface area (Å²) < 4.78 is 0. The maximum Gasteiger partial charge on any atom is 0.193 e. The molecule has 0 aliphatic carbocycles. The van der Waals surface area contributed by atoms with Crippen molar-refractivity contribution in [2.75, 3.05) is 0 Å². The Bertz CT molecular complexity index is 770. The second-order valence-electron chi connectivity index (χ2n) is 4.60. The summed E-state index contributed by atoms with van der Waals surface area (Å²) in [6, 6.07) is 20.1. The van der Waals surface area contributed by atoms with E-state index in [1.54, 1.807) is 30.5 Å². The normalized spacial score (nSPS) is 10.3. The average Bonchev–Trinajstić information content (AvgIpc) is 2.56. The molecule has 0 bridgehead atoms. The Morgan fingerprint density at radius 1 is 0.905 bits per heavy atom. The maximum absolute atomic E-state index is 12.7. The number of hydrogen-bond acceptors (Lipinski definition) is 2. The molecule has 0 N–H and O–H groups in total. The predicted molar refractivity (Wildman–Crippen MR) is 84.6 cm³/mol. The minimum absolute atomic E-state index is 0.0567. The van der Waals surface area contributed by atoms with Gasteiger partial charge in [0, 0.05) is 27.9 Å². The Balaban J connectivity index is 2.14. The van der Waals surface area contributed by atoms with E-state index in [1.165, 1.54) is 0 Å². The highest BCUT2D eigenvalue weighted by Gasteiger charge is 2.15. The first-order valence-corrected chi connectivity index (χ1v) is 6.94. The van der Waals surface area contributed by atoms with Gasteiger partial charge >= 0.3 is 0 Å². The first kappa shape index (κ1) is 13.5. The van der Waals surface area contributed by atoms with Gasteiger partial charge in [0.05, 0.1) is 5.69 Å². The van der Waals surface area contributed by atoms with Crippen molar-refractivity contribution in [3.8, 4) is 11.3 Å². The number of aromatic nitrogens is 1. The highest BCUT2D eigenvalue weighted by Crippen LogP contribution is 2.27. The van der Waals surface area contributed by atoms with Crippen molar-refractivity contribution >= 4 is 17.4 Å². The van der Waals surface area contributed by atoms with Crippen LogP contribution in [0.4, 0.5) is 0 Å². The first-order chi connectivity index (χ1) is 10.3. The van der Waals surface area contributed by atoms with Crippen LogP contribution < -0.4 is 0 Å². The van der Waals surface area contributed by atoms with Gasteiger partial charge in [0.1, 0.15) is 0 Å². The van der Waals surface area contributed by atoms with Crippen LogP contribution in [0, 0.1) is 0 Å². The minimum atomic E-state index is -0.0567. The molecule has 0 radical (unpaired) electrons. The zero-order valence-electron chi connectivity index (χ0n) is 11.2. The number of nitrogens with zero attached hydrogens (tertiary/aromatic N) is 1. The Hall–Kier alpha value is -2.45. The van der Waals surface area contributed by atoms with Gasteiger partial charge in [-0.25, -0.2) is 0 Å². The molecular weight excluding hydrogens is 282 g/mol. The van der Waals surface area contributed by atoms with Crippen molar-refractivity contribution in [1.29, 1.82) is 0 Å². The van der Waals surface area contributed by atoms with Crippen molar-refractivity contribution in [3.05, 3.63) is 89.1 Å². The smallest absolute Gasteiger partial charge is 0.193 e. The first-order valence-electron chi connectivity index (χ1n) is 6.56. The van der Waals surface area contributed by atoms with Gasteiger partial charge < -0.3 is 0 Å². The third-order valence-corrected chi connectivity index (χ3v) is 3.44. The van der Waals surface area contributed by atoms with E-state index in [0.717, 1.165) is 11.3 Å². The fourth-order valence-electron chi connectivity index (χ4n) is 2.19. The quantitative estimate of drug-likeness (QED) is 0.659. The predicted octanol–water partition coefficient (Wildman–Crippen LogP) is 4.63. The molecule has 0 spiro atoms. The van der Waals surface area contributed by atoms with Crippen LogP contribution in [-0.4, -0.2) is 10.8 Å². The molecule has 3 aromatic rings. The van der Waals surface area contributed by atoms with Crippen molar-refractivity contribution in [1.82, 2.24) is 4.98 Å². The number of benzene rings is 2. The molecule has 0 aliphatic rings. The van der Waals surface area contributed by atoms with Crippen LogP contribution in [0.3, 0.4) is 0 Å². The lowest BCUT2D eigenvalue weighted by Gasteiger charge is -2.09. The van der Waals surface area contributed by atoms with Crippen molar-refractivity contribution < 1.29 is 4.79 Å². The third kappa shape index (κ3) is 2.86. The molecule has 2 nitrogen and oxygen atoms in total. The van der Waals surface area contributed by atoms with E-state index in [4.69, 9.17) is 11.6 Å². The van der Waals surface area contributed by atoms with Crippen LogP contribution in [0.2, 0.25) is 5.02 Å². The van der Waals surface area contributed by atoms with Crippen LogP contribution >= 0.6 is 11.6 Å². The minimum Gasteiger partial charge on any atom is -0.289 e. The van der Waals surface area contributed by atoms with Crippen LogP contribution in [-0.2, 0) is 0 Å². The maximum atomic E-state index is 12.7. The monoisotopic (exact) mass is 293 g/mol. The molecule has 102 valence electrons. The molecule has 0 fully saturated rings. The van der Waals surface area contributed by atoms with Gasteiger partial charge in [-0.1, -0.05) is 54.1 Å². The lowest BCUT2D eigenvalue weighted by Crippen LogP contribution is -2.04. The Kier molecular flexibility index (Phi) is 3.80. The molecule has 1 aromatic heterocycles. The van der Waals surface area contributed by atoms with Gasteiger partial charge in [-0.3, -0.25) is 9.78 Å². The summed E-state index contributed by atoms with van der Waals surface area (Å²) in [5.74, 6) is -0.0567. The molecule has 0 aliphatic heterocycles. The summed E-state index contributed by atoms with van der Waals surface area (Å²) in [6.07, 6.45) is 1.71. The van der Waals surface area contributed by atoms with E-state index >= 15 is 0 Å². The number of hydrogen-bond donors (Lipinski definition) is 0. The SMILES string of the molecule is O=C(c1ccccc1)c1cc(Cl)ccc1-c1ccccn1. The second-order valence-corrected chi connectivity index (χ2v) is 5.04. The second kappa shape index (κ2) is 5.90. The van der Waals surface area contributed by atoms with Crippen molar-refractivity contribution in [3.63, 3.8) is 0 Å². The molecule has 0 saturated heterocycles. The number of pyridine rings is 1. The summed E-state index contributed by atoms with van der Waals surface area (Å²) in [7, 11) is 0. The number of carbonyl (C=O) groups is 1. The molecule has 21 heavy (non-hydrogen) atoms. The summed E-state index contributed by atoms with van der Waals surface area (Å²) in [6.45, 7) is 0. The largest absolute Gasteiger partial charge is 0.289 e. The van der Waals surface area contributed by atoms with Crippen LogP contribution in [0.25, 0.3) is 11.3 Å². The van der Waals surface area contributed by atoms with E-state index in [1.807, 2.05) is 42.5 Å². The van der Waals surface area contributed by atoms with E-state index in [-0.39, 0.29) is 5.78 Å². The van der Waals surface area contributed by atoms with Crippen LogP contribution in [0.15, 0.2) is 72.9 Å². The summed E-state index contributed by atoms with van der Waals surface area (Å²) in [5.41, 5.74) is 2.74. The average molecular weight is 294 g/mol.